The number of hydrogen-bond acceptors (Lipinski definition) is 18. The highest BCUT2D eigenvalue weighted by Gasteiger charge is 2.28. The molecule has 13 N–H and O–H groups in total. The number of H-pyrrole nitrogens is 3. The molecule has 0 radical (unpaired) electrons. The number of benzene rings is 5. The molecule has 33 heteroatoms. The first-order valence-corrected chi connectivity index (χ1v) is 27.7. The van der Waals surface area contributed by atoms with Gasteiger partial charge in [0.1, 0.15) is 54.8 Å². The molecule has 0 saturated carbocycles. The third-order valence-corrected chi connectivity index (χ3v) is 16.1. The number of amidine groups is 1. The van der Waals surface area contributed by atoms with Gasteiger partial charge in [-0.25, -0.2) is 27.6 Å². The number of nitrogens with one attached hydrogen (secondary N) is 7. The van der Waals surface area contributed by atoms with Crippen molar-refractivity contribution in [1.29, 1.82) is 5.41 Å². The maximum Gasteiger partial charge on any atom is 0.296 e. The van der Waals surface area contributed by atoms with Gasteiger partial charge < -0.3 is 35.9 Å². The van der Waals surface area contributed by atoms with E-state index in [9.17, 15) is 61.5 Å². The molecule has 0 aliphatic carbocycles. The first-order valence-electron chi connectivity index (χ1n) is 20.4. The summed E-state index contributed by atoms with van der Waals surface area (Å²) in [6.07, 6.45) is 1.12. The summed E-state index contributed by atoms with van der Waals surface area (Å²) in [6, 6.07) is 18.3. The predicted molar refractivity (Wildman–Crippen MR) is 269 cm³/mol. The first-order chi connectivity index (χ1) is 34.9. The molecule has 10 rings (SSSR count). The van der Waals surface area contributed by atoms with Crippen LogP contribution in [0.25, 0.3) is 32.3 Å². The lowest BCUT2D eigenvalue weighted by Gasteiger charge is -2.14. The van der Waals surface area contributed by atoms with E-state index in [0.717, 1.165) is 42.6 Å². The molecule has 6 bridgehead atoms. The number of sulfonamides is 1. The van der Waals surface area contributed by atoms with Crippen molar-refractivity contribution in [2.75, 3.05) is 21.1 Å². The average Bonchev–Trinajstić information content (AvgIpc) is 3.97. The molecule has 74 heavy (non-hydrogen) atoms. The number of fused-ring (bicyclic) bond motifs is 16. The second-order valence-corrected chi connectivity index (χ2v) is 22.7. The van der Waals surface area contributed by atoms with Gasteiger partial charge in [-0.3, -0.25) is 23.8 Å². The number of rotatable bonds is 9. The fourth-order valence-corrected chi connectivity index (χ4v) is 12.2. The van der Waals surface area contributed by atoms with Crippen molar-refractivity contribution in [2.45, 2.75) is 24.5 Å². The van der Waals surface area contributed by atoms with Crippen LogP contribution in [0.2, 0.25) is 5.28 Å². The van der Waals surface area contributed by atoms with Gasteiger partial charge in [-0.1, -0.05) is 48.5 Å². The van der Waals surface area contributed by atoms with Crippen LogP contribution in [0.4, 0.5) is 46.5 Å². The van der Waals surface area contributed by atoms with E-state index >= 15 is 0 Å². The maximum absolute atomic E-state index is 14.7. The molecule has 1 unspecified atom stereocenters. The van der Waals surface area contributed by atoms with Crippen molar-refractivity contribution >= 4 is 154 Å². The third-order valence-electron chi connectivity index (χ3n) is 11.0. The molecule has 9 aromatic rings. The van der Waals surface area contributed by atoms with Gasteiger partial charge in [0.05, 0.1) is 21.2 Å². The number of halogens is 1. The van der Waals surface area contributed by atoms with Crippen LogP contribution in [0.5, 0.6) is 0 Å². The molecular weight excluding hydrogens is 1090 g/mol. The number of aliphatic imine (C=N–C) groups is 1. The number of aromatic nitrogens is 6. The standard InChI is InChI=1S/C41H29ClN14O13S5/c42-39-53-40(44)55-41(54-39)46-22-15-18(13-14-24(22)72(61,62)63)56-71(59,60)25-10-2-6-19-29(25)37-49-33(19)47-32(43)28-17(5-1-9-23(28)70(57)58)16-45-36-30-20(7-3-11-26(30)73(64,65)66)34(48-36)50-38-31-21(35(51-37)52-38)8-4-12-27(31)74(67,68)69/h1-16,56H,(H,57,58)(H,61,62,63)(H,64,65,66)(H,67,68,69)(H3,44,46,53,54,55)(H5,43,45,47,48,49,50,51,52). The Morgan fingerprint density at radius 2 is 1.27 bits per heavy atom. The van der Waals surface area contributed by atoms with Crippen LogP contribution >= 0.6 is 11.6 Å². The summed E-state index contributed by atoms with van der Waals surface area (Å²) in [5, 5.41) is 13.6. The van der Waals surface area contributed by atoms with E-state index in [1.807, 2.05) is 0 Å². The van der Waals surface area contributed by atoms with E-state index in [1.165, 1.54) is 54.6 Å². The van der Waals surface area contributed by atoms with Crippen LogP contribution in [0.15, 0.2) is 130 Å². The SMILES string of the molecule is N=C1Nc2[nH]c(c3c(S(=O)(=O)Nc4ccc(S(=O)(=O)O)c(Nc5nc(N)nc(Cl)n5)c4)cccc23)N=c2[nH]c(c3c(S(=O)(=O)O)cccc23)=Nc2[nH]c(c3c(S(=O)(=O)O)cccc23)N=Cc2cccc(S(=O)O)c21. The predicted octanol–water partition coefficient (Wildman–Crippen LogP) is 4.82. The van der Waals surface area contributed by atoms with E-state index in [1.54, 1.807) is 0 Å². The fraction of sp³-hybridized carbons (Fsp3) is 0. The summed E-state index contributed by atoms with van der Waals surface area (Å²) in [7, 11) is -19.9. The Bertz CT molecular complexity index is 4600. The Hall–Kier alpha value is -8.05. The largest absolute Gasteiger partial charge is 0.368 e. The monoisotopic (exact) mass is 1120 g/mol. The van der Waals surface area contributed by atoms with Crippen LogP contribution < -0.4 is 32.1 Å². The lowest BCUT2D eigenvalue weighted by molar-refractivity contribution is 0.481. The van der Waals surface area contributed by atoms with E-state index < -0.39 is 87.8 Å². The molecule has 4 aromatic heterocycles. The van der Waals surface area contributed by atoms with Crippen LogP contribution in [0.3, 0.4) is 0 Å². The molecule has 378 valence electrons. The summed E-state index contributed by atoms with van der Waals surface area (Å²) in [6.45, 7) is 0. The quantitative estimate of drug-likeness (QED) is 0.0680. The zero-order valence-corrected chi connectivity index (χ0v) is 41.2. The summed E-state index contributed by atoms with van der Waals surface area (Å²) in [4.78, 5) is 31.0. The summed E-state index contributed by atoms with van der Waals surface area (Å²) >= 11 is 3.14. The minimum atomic E-state index is -5.05. The highest BCUT2D eigenvalue weighted by molar-refractivity contribution is 7.93. The zero-order valence-electron chi connectivity index (χ0n) is 36.4. The number of nitrogens with two attached hydrogens (primary N) is 1. The molecule has 5 aromatic carbocycles. The Kier molecular flexibility index (Phi) is 12.0. The molecule has 0 amide bonds. The second-order valence-electron chi connectivity index (χ2n) is 15.6. The topological polar surface area (TPSA) is 444 Å². The van der Waals surface area contributed by atoms with Crippen molar-refractivity contribution in [1.82, 2.24) is 29.9 Å². The van der Waals surface area contributed by atoms with Crippen molar-refractivity contribution in [2.24, 2.45) is 15.0 Å². The molecule has 27 nitrogen and oxygen atoms in total. The van der Waals surface area contributed by atoms with Gasteiger partial charge in [-0.15, -0.1) is 0 Å². The van der Waals surface area contributed by atoms with E-state index in [-0.39, 0.29) is 100 Å². The summed E-state index contributed by atoms with van der Waals surface area (Å²) in [5.41, 5.74) is 4.16. The number of hydrogen-bond donors (Lipinski definition) is 12. The van der Waals surface area contributed by atoms with E-state index in [4.69, 9.17) is 22.3 Å². The van der Waals surface area contributed by atoms with Crippen molar-refractivity contribution < 1.29 is 56.1 Å². The number of nitrogens with zero attached hydrogens (tertiary/aromatic N) is 6. The third kappa shape index (κ3) is 9.09. The Labute approximate surface area is 421 Å². The lowest BCUT2D eigenvalue weighted by atomic mass is 10.1. The highest BCUT2D eigenvalue weighted by Crippen LogP contribution is 2.41. The highest BCUT2D eigenvalue weighted by atomic mass is 35.5. The number of anilines is 5. The fourth-order valence-electron chi connectivity index (χ4n) is 8.14. The van der Waals surface area contributed by atoms with Gasteiger partial charge >= 0.3 is 0 Å². The molecule has 0 fully saturated rings. The number of aromatic amines is 3. The molecule has 1 aliphatic rings. The van der Waals surface area contributed by atoms with E-state index in [2.05, 4.69) is 55.2 Å². The summed E-state index contributed by atoms with van der Waals surface area (Å²) in [5.74, 6) is -2.20. The van der Waals surface area contributed by atoms with Crippen molar-refractivity contribution in [3.05, 3.63) is 118 Å². The van der Waals surface area contributed by atoms with Gasteiger partial charge in [0.15, 0.2) is 11.1 Å². The minimum absolute atomic E-state index is 0.00107. The minimum Gasteiger partial charge on any atom is -0.368 e. The van der Waals surface area contributed by atoms with Gasteiger partial charge in [-0.2, -0.15) is 40.2 Å². The summed E-state index contributed by atoms with van der Waals surface area (Å²) < 4.78 is 162. The molecule has 1 aliphatic heterocycles. The zero-order chi connectivity index (χ0) is 52.8. The van der Waals surface area contributed by atoms with Gasteiger partial charge in [0, 0.05) is 49.7 Å². The van der Waals surface area contributed by atoms with Crippen LogP contribution in [-0.4, -0.2) is 98.0 Å². The van der Waals surface area contributed by atoms with Crippen molar-refractivity contribution in [3.63, 3.8) is 0 Å². The Morgan fingerprint density at radius 1 is 0.649 bits per heavy atom. The normalized spacial score (nSPS) is 13.7. The molecule has 0 spiro atoms. The van der Waals surface area contributed by atoms with Gasteiger partial charge in [-0.05, 0) is 54.1 Å². The molecule has 1 atom stereocenters. The molecular formula is C41H29ClN14O13S5. The second kappa shape index (κ2) is 17.9. The average molecular weight is 1120 g/mol. The first kappa shape index (κ1) is 49.5. The molecule has 5 heterocycles. The van der Waals surface area contributed by atoms with Gasteiger partial charge in [0.2, 0.25) is 17.2 Å². The smallest absolute Gasteiger partial charge is 0.296 e. The lowest BCUT2D eigenvalue weighted by Crippen LogP contribution is -2.18. The van der Waals surface area contributed by atoms with Gasteiger partial charge in [0.25, 0.3) is 40.4 Å². The Morgan fingerprint density at radius 3 is 1.95 bits per heavy atom. The van der Waals surface area contributed by atoms with Crippen LogP contribution in [-0.2, 0) is 51.5 Å². The molecule has 0 saturated heterocycles. The number of nitrogen functional groups attached to an aromatic ring is 1. The van der Waals surface area contributed by atoms with E-state index in [0.29, 0.717) is 0 Å². The Balaban J connectivity index is 1.26. The van der Waals surface area contributed by atoms with Crippen LogP contribution in [0, 0.1) is 5.41 Å². The van der Waals surface area contributed by atoms with Crippen LogP contribution in [0.1, 0.15) is 11.1 Å². The van der Waals surface area contributed by atoms with Crippen molar-refractivity contribution in [3.8, 4) is 0 Å². The maximum atomic E-state index is 14.7.